The van der Waals surface area contributed by atoms with E-state index >= 15 is 0 Å². The highest BCUT2D eigenvalue weighted by atomic mass is 32.2. The molecule has 60 heavy (non-hydrogen) atoms. The minimum Gasteiger partial charge on any atom is -0.506 e. The molecule has 0 saturated heterocycles. The van der Waals surface area contributed by atoms with Gasteiger partial charge in [0.25, 0.3) is 11.8 Å². The first-order chi connectivity index (χ1) is 28.8. The van der Waals surface area contributed by atoms with E-state index in [0.717, 1.165) is 18.4 Å². The number of carbonyl (C=O) groups excluding carboxylic acids is 2. The first-order valence-electron chi connectivity index (χ1n) is 19.2. The average Bonchev–Trinajstić information content (AvgIpc) is 3.24. The highest BCUT2D eigenvalue weighted by Crippen LogP contribution is 2.29. The van der Waals surface area contributed by atoms with E-state index in [1.807, 2.05) is 12.1 Å². The molecule has 14 nitrogen and oxygen atoms in total. The lowest BCUT2D eigenvalue weighted by Gasteiger charge is -2.21. The summed E-state index contributed by atoms with van der Waals surface area (Å²) < 4.78 is 33.8. The van der Waals surface area contributed by atoms with Crippen molar-refractivity contribution in [2.45, 2.75) is 42.4 Å². The fourth-order valence-corrected chi connectivity index (χ4v) is 8.99. The number of aromatic hydroxyl groups is 1. The van der Waals surface area contributed by atoms with Crippen molar-refractivity contribution in [3.05, 3.63) is 146 Å². The number of nitrogens with zero attached hydrogens (tertiary/aromatic N) is 1. The van der Waals surface area contributed by atoms with Crippen molar-refractivity contribution in [3.63, 3.8) is 0 Å². The minimum absolute atomic E-state index is 0.0294. The number of anilines is 3. The lowest BCUT2D eigenvalue weighted by atomic mass is 10.0. The van der Waals surface area contributed by atoms with Crippen molar-refractivity contribution < 1.29 is 33.0 Å². The Kier molecular flexibility index (Phi) is 12.1. The molecule has 1 aliphatic carbocycles. The van der Waals surface area contributed by atoms with Crippen LogP contribution in [0, 0.1) is 0 Å². The van der Waals surface area contributed by atoms with E-state index < -0.39 is 33.0 Å². The molecule has 2 heterocycles. The topological polar surface area (TPSA) is 226 Å². The third-order valence-electron chi connectivity index (χ3n) is 10.4. The summed E-state index contributed by atoms with van der Waals surface area (Å²) in [6, 6.07) is 26.4. The number of nitrogens with two attached hydrogens (primary N) is 1. The molecule has 2 amide bonds. The zero-order valence-corrected chi connectivity index (χ0v) is 33.7. The Labute approximate surface area is 345 Å². The number of fused-ring (bicyclic) bond motifs is 2. The van der Waals surface area contributed by atoms with Gasteiger partial charge < -0.3 is 41.6 Å². The molecule has 0 spiro atoms. The molecule has 0 aliphatic heterocycles. The maximum atomic E-state index is 14.2. The Balaban J connectivity index is 0.988. The van der Waals surface area contributed by atoms with Crippen molar-refractivity contribution in [1.82, 2.24) is 15.3 Å². The second-order valence-corrected chi connectivity index (χ2v) is 16.7. The number of aromatic nitrogens is 2. The van der Waals surface area contributed by atoms with Crippen LogP contribution in [0.4, 0.5) is 17.1 Å². The van der Waals surface area contributed by atoms with Crippen LogP contribution in [0.5, 0.6) is 11.5 Å². The molecular formula is C45H44N6O8S. The molecule has 0 fully saturated rings. The quantitative estimate of drug-likeness (QED) is 0.0727. The van der Waals surface area contributed by atoms with Crippen LogP contribution in [0.1, 0.15) is 57.7 Å². The number of rotatable bonds is 15. The number of aliphatic hydroxyl groups excluding tert-OH is 1. The number of ether oxygens (including phenoxy) is 1. The zero-order chi connectivity index (χ0) is 42.6. The first-order valence-corrected chi connectivity index (χ1v) is 20.8. The number of phenols is 1. The monoisotopic (exact) mass is 828 g/mol. The number of carbonyl (C=O) groups is 2. The summed E-state index contributed by atoms with van der Waals surface area (Å²) in [5.41, 5.74) is 9.73. The Morgan fingerprint density at radius 3 is 2.55 bits per heavy atom. The van der Waals surface area contributed by atoms with Gasteiger partial charge in [-0.05, 0) is 104 Å². The highest BCUT2D eigenvalue weighted by molar-refractivity contribution is 7.92. The lowest BCUT2D eigenvalue weighted by Crippen LogP contribution is -2.41. The number of primary amides is 1. The van der Waals surface area contributed by atoms with Gasteiger partial charge in [0.2, 0.25) is 5.56 Å². The second kappa shape index (κ2) is 17.6. The van der Waals surface area contributed by atoms with Crippen molar-refractivity contribution in [3.8, 4) is 11.5 Å². The zero-order valence-electron chi connectivity index (χ0n) is 32.9. The van der Waals surface area contributed by atoms with Crippen LogP contribution in [0.25, 0.3) is 22.6 Å². The summed E-state index contributed by atoms with van der Waals surface area (Å²) in [6.45, 7) is 2.69. The molecule has 1 aliphatic rings. The normalized spacial score (nSPS) is 14.2. The molecule has 15 heteroatoms. The van der Waals surface area contributed by atoms with Gasteiger partial charge in [0, 0.05) is 52.4 Å². The van der Waals surface area contributed by atoms with Gasteiger partial charge in [-0.25, -0.2) is 8.42 Å². The molecular weight excluding hydrogens is 785 g/mol. The molecule has 1 unspecified atom stereocenters. The van der Waals surface area contributed by atoms with Gasteiger partial charge in [-0.1, -0.05) is 36.4 Å². The molecule has 0 saturated carbocycles. The maximum absolute atomic E-state index is 14.2. The molecule has 2 aromatic heterocycles. The lowest BCUT2D eigenvalue weighted by molar-refractivity contribution is 0.0997. The number of aromatic amines is 1. The third-order valence-corrected chi connectivity index (χ3v) is 12.5. The van der Waals surface area contributed by atoms with Gasteiger partial charge in [0.1, 0.15) is 11.5 Å². The Hall–Kier alpha value is -6.81. The van der Waals surface area contributed by atoms with Gasteiger partial charge in [0.15, 0.2) is 9.84 Å². The van der Waals surface area contributed by atoms with E-state index in [1.165, 1.54) is 43.6 Å². The number of pyridine rings is 2. The standard InChI is InChI=1S/C45H44N6O8S/c1-26-20-33(23-36-41(26)48-24-37(44(46)55)42(36)49-30-8-4-9-31(22-30)59-2)60(57,58)32-10-3-7-28(21-32)45(56)50-29-13-11-27(12-14-29)6-5-19-47-25-39(53)34-15-17-38(52)43-35(34)16-18-40(54)51-43/h3-4,7-18,21-24,33,39,47,49,52-53H,5-6,19-20,25H2,1-2H3,(H2,46,55)(H,50,56)(H,51,54)/t33?,39-/m0/s1. The number of benzene rings is 4. The molecule has 6 aromatic rings. The van der Waals surface area contributed by atoms with Crippen LogP contribution in [0.3, 0.4) is 0 Å². The molecule has 8 N–H and O–H groups in total. The fourth-order valence-electron chi connectivity index (χ4n) is 7.30. The molecule has 4 aromatic carbocycles. The summed E-state index contributed by atoms with van der Waals surface area (Å²) in [6.07, 6.45) is 3.77. The number of aliphatic hydroxyl groups is 1. The van der Waals surface area contributed by atoms with Crippen LogP contribution in [0.15, 0.2) is 113 Å². The van der Waals surface area contributed by atoms with Crippen LogP contribution in [-0.4, -0.2) is 65.9 Å². The van der Waals surface area contributed by atoms with Crippen molar-refractivity contribution >= 4 is 61.3 Å². The number of methoxy groups -OCH3 is 1. The minimum atomic E-state index is -4.04. The number of amides is 2. The highest BCUT2D eigenvalue weighted by Gasteiger charge is 2.30. The van der Waals surface area contributed by atoms with E-state index in [9.17, 15) is 33.0 Å². The fraction of sp³-hybridized carbons (Fsp3) is 0.200. The predicted molar refractivity (Wildman–Crippen MR) is 231 cm³/mol. The Morgan fingerprint density at radius 1 is 1.00 bits per heavy atom. The van der Waals surface area contributed by atoms with E-state index in [4.69, 9.17) is 10.5 Å². The Morgan fingerprint density at radius 2 is 1.78 bits per heavy atom. The van der Waals surface area contributed by atoms with Gasteiger partial charge in [-0.2, -0.15) is 0 Å². The first kappa shape index (κ1) is 41.4. The van der Waals surface area contributed by atoms with Crippen LogP contribution >= 0.6 is 0 Å². The van der Waals surface area contributed by atoms with E-state index in [0.29, 0.717) is 56.4 Å². The van der Waals surface area contributed by atoms with Gasteiger partial charge in [-0.3, -0.25) is 19.4 Å². The summed E-state index contributed by atoms with van der Waals surface area (Å²) >= 11 is 0. The van der Waals surface area contributed by atoms with Crippen LogP contribution < -0.4 is 42.5 Å². The number of hydrogen-bond acceptors (Lipinski definition) is 11. The molecule has 0 bridgehead atoms. The van der Waals surface area contributed by atoms with Crippen molar-refractivity contribution in [1.29, 1.82) is 0 Å². The van der Waals surface area contributed by atoms with Crippen molar-refractivity contribution in [2.75, 3.05) is 30.8 Å². The predicted octanol–water partition coefficient (Wildman–Crippen LogP) is 4.19. The van der Waals surface area contributed by atoms with Crippen LogP contribution in [-0.2, 0) is 16.3 Å². The smallest absolute Gasteiger partial charge is 0.255 e. The summed E-state index contributed by atoms with van der Waals surface area (Å²) in [5.74, 6) is -0.694. The van der Waals surface area contributed by atoms with Gasteiger partial charge in [-0.15, -0.1) is 0 Å². The number of phenolic OH excluding ortho intramolecular Hbond substituents is 1. The summed E-state index contributed by atoms with van der Waals surface area (Å²) in [5, 5.41) is 30.8. The molecule has 0 radical (unpaired) electrons. The number of H-pyrrole nitrogens is 1. The number of sulfone groups is 1. The van der Waals surface area contributed by atoms with E-state index in [2.05, 4.69) is 25.9 Å². The van der Waals surface area contributed by atoms with E-state index in [1.54, 1.807) is 67.6 Å². The molecule has 7 rings (SSSR count). The largest absolute Gasteiger partial charge is 0.506 e. The summed E-state index contributed by atoms with van der Waals surface area (Å²) in [4.78, 5) is 44.7. The third kappa shape index (κ3) is 8.93. The van der Waals surface area contributed by atoms with Gasteiger partial charge >= 0.3 is 0 Å². The van der Waals surface area contributed by atoms with Gasteiger partial charge in [0.05, 0.1) is 45.5 Å². The van der Waals surface area contributed by atoms with E-state index in [-0.39, 0.29) is 45.8 Å². The molecule has 2 atom stereocenters. The second-order valence-electron chi connectivity index (χ2n) is 14.6. The summed E-state index contributed by atoms with van der Waals surface area (Å²) in [7, 11) is -2.50. The maximum Gasteiger partial charge on any atom is 0.255 e. The van der Waals surface area contributed by atoms with Crippen LogP contribution in [0.2, 0.25) is 0 Å². The number of nitrogens with one attached hydrogen (secondary N) is 4. The number of hydrogen-bond donors (Lipinski definition) is 7. The van der Waals surface area contributed by atoms with Crippen molar-refractivity contribution in [2.24, 2.45) is 5.73 Å². The SMILES string of the molecule is COc1cccc(Nc2c(C(N)=O)cnc3c2=CC(S(=O)(=O)c2cccc(C(=O)Nc4ccc(CCCNC[C@H](O)c5ccc(O)c6[nH]c(=O)ccc56)cc4)c2)CC=3C)c1. The number of aryl methyl sites for hydroxylation is 1. The molecule has 308 valence electrons. The Bertz CT molecular complexity index is 2920. The average molecular weight is 829 g/mol.